The molecule has 26 heavy (non-hydrogen) atoms. The molecule has 3 rings (SSSR count). The van der Waals surface area contributed by atoms with Gasteiger partial charge in [0, 0.05) is 31.1 Å². The highest BCUT2D eigenvalue weighted by Gasteiger charge is 2.41. The second kappa shape index (κ2) is 8.23. The van der Waals surface area contributed by atoms with E-state index in [4.69, 9.17) is 14.2 Å². The summed E-state index contributed by atoms with van der Waals surface area (Å²) in [5, 5.41) is 0. The fourth-order valence-corrected chi connectivity index (χ4v) is 3.78. The summed E-state index contributed by atoms with van der Waals surface area (Å²) in [4.78, 5) is 14.7. The molecule has 0 spiro atoms. The molecule has 5 nitrogen and oxygen atoms in total. The maximum atomic E-state index is 12.5. The number of hydrogen-bond acceptors (Lipinski definition) is 5. The Bertz CT molecular complexity index is 725. The molecule has 0 bridgehead atoms. The SMILES string of the molecule is COC(=O)[C@@H]1CN(Cc2ccccc2)C[C@@H]1c1c(OC)cccc1OC. The summed E-state index contributed by atoms with van der Waals surface area (Å²) >= 11 is 0. The van der Waals surface area contributed by atoms with Crippen LogP contribution in [0, 0.1) is 5.92 Å². The zero-order valence-corrected chi connectivity index (χ0v) is 15.5. The van der Waals surface area contributed by atoms with Gasteiger partial charge in [0.2, 0.25) is 0 Å². The number of nitrogens with zero attached hydrogens (tertiary/aromatic N) is 1. The minimum absolute atomic E-state index is 0.0442. The van der Waals surface area contributed by atoms with Gasteiger partial charge >= 0.3 is 5.97 Å². The first-order chi connectivity index (χ1) is 12.7. The molecule has 0 amide bonds. The summed E-state index contributed by atoms with van der Waals surface area (Å²) in [5.41, 5.74) is 2.16. The summed E-state index contributed by atoms with van der Waals surface area (Å²) in [7, 11) is 4.73. The normalized spacial score (nSPS) is 20.0. The maximum absolute atomic E-state index is 12.5. The first kappa shape index (κ1) is 18.3. The van der Waals surface area contributed by atoms with E-state index in [2.05, 4.69) is 17.0 Å². The highest BCUT2D eigenvalue weighted by atomic mass is 16.5. The molecule has 1 heterocycles. The molecule has 0 aliphatic carbocycles. The van der Waals surface area contributed by atoms with Gasteiger partial charge in [0.15, 0.2) is 0 Å². The van der Waals surface area contributed by atoms with Crippen molar-refractivity contribution in [2.24, 2.45) is 5.92 Å². The van der Waals surface area contributed by atoms with Crippen LogP contribution in [0.5, 0.6) is 11.5 Å². The van der Waals surface area contributed by atoms with Crippen molar-refractivity contribution in [3.8, 4) is 11.5 Å². The average molecular weight is 355 g/mol. The molecular weight excluding hydrogens is 330 g/mol. The number of ether oxygens (including phenoxy) is 3. The number of rotatable bonds is 6. The Labute approximate surface area is 154 Å². The van der Waals surface area contributed by atoms with E-state index in [0.29, 0.717) is 6.54 Å². The summed E-state index contributed by atoms with van der Waals surface area (Å²) in [6.07, 6.45) is 0. The van der Waals surface area contributed by atoms with Crippen LogP contribution in [0.25, 0.3) is 0 Å². The summed E-state index contributed by atoms with van der Waals surface area (Å²) in [5.74, 6) is 0.985. The fourth-order valence-electron chi connectivity index (χ4n) is 3.78. The van der Waals surface area contributed by atoms with Gasteiger partial charge in [0.1, 0.15) is 11.5 Å². The Morgan fingerprint density at radius 3 is 2.19 bits per heavy atom. The van der Waals surface area contributed by atoms with Crippen LogP contribution in [0.15, 0.2) is 48.5 Å². The van der Waals surface area contributed by atoms with Crippen molar-refractivity contribution in [1.82, 2.24) is 4.90 Å². The number of benzene rings is 2. The number of hydrogen-bond donors (Lipinski definition) is 0. The molecule has 1 fully saturated rings. The van der Waals surface area contributed by atoms with Crippen molar-refractivity contribution in [3.63, 3.8) is 0 Å². The molecule has 2 aromatic rings. The second-order valence-corrected chi connectivity index (χ2v) is 6.49. The number of carbonyl (C=O) groups is 1. The molecule has 0 N–H and O–H groups in total. The van der Waals surface area contributed by atoms with Gasteiger partial charge in [-0.15, -0.1) is 0 Å². The summed E-state index contributed by atoms with van der Waals surface area (Å²) in [6.45, 7) is 2.18. The van der Waals surface area contributed by atoms with Crippen LogP contribution in [0.2, 0.25) is 0 Å². The smallest absolute Gasteiger partial charge is 0.310 e. The third kappa shape index (κ3) is 3.68. The quantitative estimate of drug-likeness (QED) is 0.745. The maximum Gasteiger partial charge on any atom is 0.310 e. The van der Waals surface area contributed by atoms with Gasteiger partial charge in [0.05, 0.1) is 27.2 Å². The third-order valence-electron chi connectivity index (χ3n) is 4.99. The molecule has 0 radical (unpaired) electrons. The van der Waals surface area contributed by atoms with Gasteiger partial charge in [-0.2, -0.15) is 0 Å². The van der Waals surface area contributed by atoms with E-state index in [1.807, 2.05) is 36.4 Å². The minimum Gasteiger partial charge on any atom is -0.496 e. The third-order valence-corrected chi connectivity index (χ3v) is 4.99. The van der Waals surface area contributed by atoms with Crippen LogP contribution in [-0.4, -0.2) is 45.3 Å². The molecule has 1 aliphatic rings. The first-order valence-corrected chi connectivity index (χ1v) is 8.73. The van der Waals surface area contributed by atoms with Crippen molar-refractivity contribution in [1.29, 1.82) is 0 Å². The van der Waals surface area contributed by atoms with E-state index in [0.717, 1.165) is 30.2 Å². The van der Waals surface area contributed by atoms with Gasteiger partial charge in [0.25, 0.3) is 0 Å². The molecule has 1 aliphatic heterocycles. The Kier molecular flexibility index (Phi) is 5.78. The van der Waals surface area contributed by atoms with Crippen LogP contribution >= 0.6 is 0 Å². The van der Waals surface area contributed by atoms with Crippen LogP contribution in [0.3, 0.4) is 0 Å². The van der Waals surface area contributed by atoms with Crippen LogP contribution in [0.4, 0.5) is 0 Å². The van der Waals surface area contributed by atoms with E-state index >= 15 is 0 Å². The molecule has 138 valence electrons. The van der Waals surface area contributed by atoms with Gasteiger partial charge in [-0.25, -0.2) is 0 Å². The molecule has 2 atom stereocenters. The average Bonchev–Trinajstić information content (AvgIpc) is 3.10. The van der Waals surface area contributed by atoms with Crippen molar-refractivity contribution < 1.29 is 19.0 Å². The van der Waals surface area contributed by atoms with Crippen LogP contribution in [-0.2, 0) is 16.1 Å². The fraction of sp³-hybridized carbons (Fsp3) is 0.381. The van der Waals surface area contributed by atoms with Crippen molar-refractivity contribution in [2.75, 3.05) is 34.4 Å². The van der Waals surface area contributed by atoms with Crippen molar-refractivity contribution in [3.05, 3.63) is 59.7 Å². The van der Waals surface area contributed by atoms with Crippen LogP contribution in [0.1, 0.15) is 17.0 Å². The topological polar surface area (TPSA) is 48.0 Å². The monoisotopic (exact) mass is 355 g/mol. The zero-order chi connectivity index (χ0) is 18.5. The van der Waals surface area contributed by atoms with Gasteiger partial charge in [-0.05, 0) is 17.7 Å². The highest BCUT2D eigenvalue weighted by Crippen LogP contribution is 2.43. The van der Waals surface area contributed by atoms with E-state index in [9.17, 15) is 4.79 Å². The van der Waals surface area contributed by atoms with Gasteiger partial charge < -0.3 is 14.2 Å². The summed E-state index contributed by atoms with van der Waals surface area (Å²) < 4.78 is 16.2. The first-order valence-electron chi connectivity index (χ1n) is 8.73. The highest BCUT2D eigenvalue weighted by molar-refractivity contribution is 5.75. The number of likely N-dealkylation sites (tertiary alicyclic amines) is 1. The number of carbonyl (C=O) groups excluding carboxylic acids is 1. The van der Waals surface area contributed by atoms with Crippen molar-refractivity contribution >= 4 is 5.97 Å². The molecule has 0 saturated carbocycles. The lowest BCUT2D eigenvalue weighted by molar-refractivity contribution is -0.145. The molecule has 2 aromatic carbocycles. The van der Waals surface area contributed by atoms with Crippen LogP contribution < -0.4 is 9.47 Å². The van der Waals surface area contributed by atoms with E-state index in [1.165, 1.54) is 12.7 Å². The predicted molar refractivity (Wildman–Crippen MR) is 99.5 cm³/mol. The van der Waals surface area contributed by atoms with Crippen molar-refractivity contribution in [2.45, 2.75) is 12.5 Å². The standard InChI is InChI=1S/C21H25NO4/c1-24-18-10-7-11-19(25-2)20(18)16-13-22(14-17(16)21(23)26-3)12-15-8-5-4-6-9-15/h4-11,16-17H,12-14H2,1-3H3/t16-,17+/m0/s1. The Morgan fingerprint density at radius 1 is 0.962 bits per heavy atom. The molecule has 1 saturated heterocycles. The van der Waals surface area contributed by atoms with E-state index in [-0.39, 0.29) is 17.8 Å². The Morgan fingerprint density at radius 2 is 1.62 bits per heavy atom. The molecule has 0 aromatic heterocycles. The summed E-state index contributed by atoms with van der Waals surface area (Å²) in [6, 6.07) is 16.0. The lowest BCUT2D eigenvalue weighted by atomic mass is 9.87. The zero-order valence-electron chi connectivity index (χ0n) is 15.5. The molecule has 5 heteroatoms. The lowest BCUT2D eigenvalue weighted by Gasteiger charge is -2.22. The molecular formula is C21H25NO4. The molecule has 0 unspecified atom stereocenters. The minimum atomic E-state index is -0.256. The second-order valence-electron chi connectivity index (χ2n) is 6.49. The lowest BCUT2D eigenvalue weighted by Crippen LogP contribution is -2.24. The Balaban J connectivity index is 1.92. The largest absolute Gasteiger partial charge is 0.496 e. The number of esters is 1. The van der Waals surface area contributed by atoms with E-state index in [1.54, 1.807) is 14.2 Å². The van der Waals surface area contributed by atoms with E-state index < -0.39 is 0 Å². The van der Waals surface area contributed by atoms with Gasteiger partial charge in [-0.1, -0.05) is 36.4 Å². The van der Waals surface area contributed by atoms with Gasteiger partial charge in [-0.3, -0.25) is 9.69 Å². The Hall–Kier alpha value is -2.53. The predicted octanol–water partition coefficient (Wildman–Crippen LogP) is 3.09. The number of methoxy groups -OCH3 is 3.